The lowest BCUT2D eigenvalue weighted by atomic mass is 10.1. The highest BCUT2D eigenvalue weighted by Crippen LogP contribution is 2.13. The Morgan fingerprint density at radius 3 is 2.26 bits per heavy atom. The van der Waals surface area contributed by atoms with E-state index in [0.717, 1.165) is 49.6 Å². The molecule has 0 atom stereocenters. The SMILES string of the molecule is CCNC(=NCc1ccc(O)cc1)NCCCCc1ccc(OC)cc1.I. The van der Waals surface area contributed by atoms with Crippen molar-refractivity contribution < 1.29 is 9.84 Å². The molecule has 0 radical (unpaired) electrons. The van der Waals surface area contributed by atoms with E-state index in [1.807, 2.05) is 24.3 Å². The molecule has 0 spiro atoms. The molecule has 0 aliphatic rings. The van der Waals surface area contributed by atoms with Gasteiger partial charge in [-0.25, -0.2) is 4.99 Å². The van der Waals surface area contributed by atoms with E-state index in [0.29, 0.717) is 6.54 Å². The highest BCUT2D eigenvalue weighted by atomic mass is 127. The van der Waals surface area contributed by atoms with Crippen LogP contribution in [-0.2, 0) is 13.0 Å². The van der Waals surface area contributed by atoms with Gasteiger partial charge in [0.15, 0.2) is 5.96 Å². The molecule has 2 aromatic carbocycles. The van der Waals surface area contributed by atoms with Crippen molar-refractivity contribution >= 4 is 29.9 Å². The van der Waals surface area contributed by atoms with Gasteiger partial charge in [0.25, 0.3) is 0 Å². The van der Waals surface area contributed by atoms with E-state index >= 15 is 0 Å². The van der Waals surface area contributed by atoms with Gasteiger partial charge in [-0.2, -0.15) is 0 Å². The summed E-state index contributed by atoms with van der Waals surface area (Å²) in [6.45, 7) is 4.35. The van der Waals surface area contributed by atoms with Crippen LogP contribution in [0.3, 0.4) is 0 Å². The fraction of sp³-hybridized carbons (Fsp3) is 0.381. The fourth-order valence-electron chi connectivity index (χ4n) is 2.57. The second-order valence-corrected chi connectivity index (χ2v) is 6.09. The molecule has 5 nitrogen and oxygen atoms in total. The zero-order valence-corrected chi connectivity index (χ0v) is 18.4. The van der Waals surface area contributed by atoms with Gasteiger partial charge in [-0.15, -0.1) is 24.0 Å². The first-order valence-corrected chi connectivity index (χ1v) is 9.14. The molecule has 3 N–H and O–H groups in total. The van der Waals surface area contributed by atoms with Gasteiger partial charge >= 0.3 is 0 Å². The molecule has 2 rings (SSSR count). The smallest absolute Gasteiger partial charge is 0.191 e. The summed E-state index contributed by atoms with van der Waals surface area (Å²) in [6.07, 6.45) is 3.26. The van der Waals surface area contributed by atoms with Crippen molar-refractivity contribution in [3.05, 3.63) is 59.7 Å². The van der Waals surface area contributed by atoms with E-state index in [-0.39, 0.29) is 29.7 Å². The summed E-state index contributed by atoms with van der Waals surface area (Å²) < 4.78 is 5.18. The van der Waals surface area contributed by atoms with E-state index in [1.165, 1.54) is 5.56 Å². The molecule has 2 aromatic rings. The van der Waals surface area contributed by atoms with E-state index in [4.69, 9.17) is 4.74 Å². The van der Waals surface area contributed by atoms with E-state index in [9.17, 15) is 5.11 Å². The second kappa shape index (κ2) is 13.2. The monoisotopic (exact) mass is 483 g/mol. The summed E-state index contributed by atoms with van der Waals surface area (Å²) in [6, 6.07) is 15.4. The third kappa shape index (κ3) is 8.99. The van der Waals surface area contributed by atoms with Crippen molar-refractivity contribution in [2.24, 2.45) is 4.99 Å². The zero-order valence-electron chi connectivity index (χ0n) is 16.1. The maximum absolute atomic E-state index is 9.33. The van der Waals surface area contributed by atoms with Crippen LogP contribution in [0.4, 0.5) is 0 Å². The normalized spacial score (nSPS) is 10.8. The van der Waals surface area contributed by atoms with Gasteiger partial charge in [-0.1, -0.05) is 24.3 Å². The molecule has 0 heterocycles. The molecular formula is C21H30IN3O2. The van der Waals surface area contributed by atoms with Gasteiger partial charge in [0.1, 0.15) is 11.5 Å². The Bertz CT molecular complexity index is 673. The van der Waals surface area contributed by atoms with Crippen LogP contribution in [0.1, 0.15) is 30.9 Å². The number of aromatic hydroxyl groups is 1. The average molecular weight is 483 g/mol. The number of benzene rings is 2. The summed E-state index contributed by atoms with van der Waals surface area (Å²) in [5, 5.41) is 16.0. The molecule has 0 bridgehead atoms. The van der Waals surface area contributed by atoms with Crippen LogP contribution >= 0.6 is 24.0 Å². The first-order valence-electron chi connectivity index (χ1n) is 9.14. The molecule has 0 aliphatic carbocycles. The first kappa shape index (κ1) is 23.1. The summed E-state index contributed by atoms with van der Waals surface area (Å²) in [4.78, 5) is 4.59. The van der Waals surface area contributed by atoms with Crippen LogP contribution in [0.25, 0.3) is 0 Å². The number of phenolic OH excluding ortho intramolecular Hbond substituents is 1. The number of unbranched alkanes of at least 4 members (excludes halogenated alkanes) is 1. The lowest BCUT2D eigenvalue weighted by molar-refractivity contribution is 0.414. The molecule has 0 amide bonds. The number of nitrogens with zero attached hydrogens (tertiary/aromatic N) is 1. The average Bonchev–Trinajstić information content (AvgIpc) is 2.67. The zero-order chi connectivity index (χ0) is 18.6. The van der Waals surface area contributed by atoms with Crippen molar-refractivity contribution in [2.75, 3.05) is 20.2 Å². The van der Waals surface area contributed by atoms with Crippen molar-refractivity contribution in [1.82, 2.24) is 10.6 Å². The van der Waals surface area contributed by atoms with Gasteiger partial charge in [-0.3, -0.25) is 0 Å². The molecule has 148 valence electrons. The molecule has 6 heteroatoms. The Balaban J connectivity index is 0.00000364. The quantitative estimate of drug-likeness (QED) is 0.218. The number of methoxy groups -OCH3 is 1. The largest absolute Gasteiger partial charge is 0.508 e. The number of hydrogen-bond donors (Lipinski definition) is 3. The summed E-state index contributed by atoms with van der Waals surface area (Å²) in [5.74, 6) is 2.00. The fourth-order valence-corrected chi connectivity index (χ4v) is 2.57. The van der Waals surface area contributed by atoms with Crippen LogP contribution in [0.5, 0.6) is 11.5 Å². The maximum atomic E-state index is 9.33. The van der Waals surface area contributed by atoms with Crippen molar-refractivity contribution in [1.29, 1.82) is 0 Å². The predicted molar refractivity (Wildman–Crippen MR) is 122 cm³/mol. The highest BCUT2D eigenvalue weighted by molar-refractivity contribution is 14.0. The van der Waals surface area contributed by atoms with Crippen LogP contribution < -0.4 is 15.4 Å². The van der Waals surface area contributed by atoms with Crippen molar-refractivity contribution in [2.45, 2.75) is 32.7 Å². The van der Waals surface area contributed by atoms with Crippen LogP contribution in [0.15, 0.2) is 53.5 Å². The Morgan fingerprint density at radius 1 is 0.963 bits per heavy atom. The Kier molecular flexibility index (Phi) is 11.3. The standard InChI is InChI=1S/C21H29N3O2.HI/c1-3-22-21(24-16-18-7-11-19(25)12-8-18)23-15-5-4-6-17-9-13-20(26-2)14-10-17;/h7-14,25H,3-6,15-16H2,1-2H3,(H2,22,23,24);1H. The highest BCUT2D eigenvalue weighted by Gasteiger charge is 1.99. The summed E-state index contributed by atoms with van der Waals surface area (Å²) in [7, 11) is 1.69. The number of ether oxygens (including phenoxy) is 1. The molecular weight excluding hydrogens is 453 g/mol. The van der Waals surface area contributed by atoms with Crippen molar-refractivity contribution in [3.8, 4) is 11.5 Å². The van der Waals surface area contributed by atoms with Crippen molar-refractivity contribution in [3.63, 3.8) is 0 Å². The second-order valence-electron chi connectivity index (χ2n) is 6.09. The summed E-state index contributed by atoms with van der Waals surface area (Å²) >= 11 is 0. The van der Waals surface area contributed by atoms with Gasteiger partial charge in [-0.05, 0) is 61.6 Å². The first-order chi connectivity index (χ1) is 12.7. The third-order valence-electron chi connectivity index (χ3n) is 4.04. The number of aryl methyl sites for hydroxylation is 1. The number of nitrogens with one attached hydrogen (secondary N) is 2. The lowest BCUT2D eigenvalue weighted by Crippen LogP contribution is -2.37. The van der Waals surface area contributed by atoms with Crippen LogP contribution in [0.2, 0.25) is 0 Å². The van der Waals surface area contributed by atoms with Gasteiger partial charge < -0.3 is 20.5 Å². The molecule has 0 fully saturated rings. The number of aliphatic imine (C=N–C) groups is 1. The van der Waals surface area contributed by atoms with E-state index in [1.54, 1.807) is 19.2 Å². The number of guanidine groups is 1. The predicted octanol–water partition coefficient (Wildman–Crippen LogP) is 4.10. The minimum Gasteiger partial charge on any atom is -0.508 e. The molecule has 0 saturated carbocycles. The Hall–Kier alpha value is -1.96. The van der Waals surface area contributed by atoms with Gasteiger partial charge in [0.2, 0.25) is 0 Å². The van der Waals surface area contributed by atoms with E-state index in [2.05, 4.69) is 34.7 Å². The number of halogens is 1. The third-order valence-corrected chi connectivity index (χ3v) is 4.04. The lowest BCUT2D eigenvalue weighted by Gasteiger charge is -2.11. The number of hydrogen-bond acceptors (Lipinski definition) is 3. The van der Waals surface area contributed by atoms with Gasteiger partial charge in [0.05, 0.1) is 13.7 Å². The molecule has 0 aromatic heterocycles. The molecule has 0 aliphatic heterocycles. The topological polar surface area (TPSA) is 65.9 Å². The maximum Gasteiger partial charge on any atom is 0.191 e. The van der Waals surface area contributed by atoms with Crippen LogP contribution in [0, 0.1) is 0 Å². The minimum atomic E-state index is 0. The molecule has 27 heavy (non-hydrogen) atoms. The van der Waals surface area contributed by atoms with Gasteiger partial charge in [0, 0.05) is 13.1 Å². The number of phenols is 1. The molecule has 0 unspecified atom stereocenters. The number of rotatable bonds is 9. The molecule has 0 saturated heterocycles. The minimum absolute atomic E-state index is 0. The van der Waals surface area contributed by atoms with Crippen LogP contribution in [-0.4, -0.2) is 31.3 Å². The van der Waals surface area contributed by atoms with E-state index < -0.39 is 0 Å². The Labute approximate surface area is 179 Å². The Morgan fingerprint density at radius 2 is 1.63 bits per heavy atom. The summed E-state index contributed by atoms with van der Waals surface area (Å²) in [5.41, 5.74) is 2.40.